The second kappa shape index (κ2) is 4.83. The third-order valence-corrected chi connectivity index (χ3v) is 3.28. The molecule has 1 saturated carbocycles. The fourth-order valence-corrected chi connectivity index (χ4v) is 2.38. The second-order valence-electron chi connectivity index (χ2n) is 4.28. The first-order valence-corrected chi connectivity index (χ1v) is 5.93. The van der Waals surface area contributed by atoms with E-state index in [0.717, 1.165) is 38.9 Å². The highest BCUT2D eigenvalue weighted by atomic mass is 35.5. The van der Waals surface area contributed by atoms with Crippen LogP contribution in [0, 0.1) is 0 Å². The van der Waals surface area contributed by atoms with Gasteiger partial charge in [-0.3, -0.25) is 0 Å². The quantitative estimate of drug-likeness (QED) is 0.806. The van der Waals surface area contributed by atoms with Crippen molar-refractivity contribution < 1.29 is 9.47 Å². The van der Waals surface area contributed by atoms with E-state index in [2.05, 4.69) is 11.9 Å². The Kier molecular flexibility index (Phi) is 3.67. The van der Waals surface area contributed by atoms with Crippen LogP contribution in [-0.2, 0) is 9.47 Å². The minimum atomic E-state index is -0.254. The van der Waals surface area contributed by atoms with Crippen LogP contribution in [-0.4, -0.2) is 31.6 Å². The van der Waals surface area contributed by atoms with Gasteiger partial charge in [-0.2, -0.15) is 0 Å². The lowest BCUT2D eigenvalue weighted by molar-refractivity contribution is -0.179. The zero-order valence-electron chi connectivity index (χ0n) is 8.93. The lowest BCUT2D eigenvalue weighted by atomic mass is 9.90. The molecule has 3 nitrogen and oxygen atoms in total. The first-order chi connectivity index (χ1) is 7.20. The van der Waals surface area contributed by atoms with E-state index in [1.807, 2.05) is 0 Å². The number of rotatable bonds is 3. The largest absolute Gasteiger partial charge is 0.348 e. The van der Waals surface area contributed by atoms with Crippen molar-refractivity contribution in [2.24, 2.45) is 0 Å². The molecule has 0 aromatic heterocycles. The molecule has 15 heavy (non-hydrogen) atoms. The Bertz CT molecular complexity index is 229. The monoisotopic (exact) mass is 231 g/mol. The highest BCUT2D eigenvalue weighted by Crippen LogP contribution is 2.35. The van der Waals surface area contributed by atoms with Gasteiger partial charge in [-0.15, -0.1) is 0 Å². The number of hydrogen-bond acceptors (Lipinski definition) is 3. The Morgan fingerprint density at radius 2 is 1.93 bits per heavy atom. The maximum absolute atomic E-state index is 5.71. The van der Waals surface area contributed by atoms with Crippen molar-refractivity contribution in [1.29, 1.82) is 0 Å². The molecule has 0 aromatic rings. The average Bonchev–Trinajstić information content (AvgIpc) is 2.66. The molecule has 0 bridgehead atoms. The smallest absolute Gasteiger partial charge is 0.168 e. The van der Waals surface area contributed by atoms with Gasteiger partial charge in [-0.1, -0.05) is 18.2 Å². The van der Waals surface area contributed by atoms with Crippen LogP contribution in [0.2, 0.25) is 0 Å². The summed E-state index contributed by atoms with van der Waals surface area (Å²) in [6.45, 7) is 5.85. The van der Waals surface area contributed by atoms with Crippen molar-refractivity contribution in [2.75, 3.05) is 19.8 Å². The number of halogens is 1. The molecule has 0 atom stereocenters. The van der Waals surface area contributed by atoms with E-state index in [0.29, 0.717) is 17.6 Å². The van der Waals surface area contributed by atoms with Crippen LogP contribution in [0.4, 0.5) is 0 Å². The molecule has 1 saturated heterocycles. The molecule has 1 heterocycles. The van der Waals surface area contributed by atoms with Gasteiger partial charge in [0, 0.05) is 30.5 Å². The van der Waals surface area contributed by atoms with E-state index >= 15 is 0 Å². The molecule has 0 amide bonds. The number of nitrogens with one attached hydrogen (secondary N) is 1. The van der Waals surface area contributed by atoms with Crippen LogP contribution in [0.25, 0.3) is 0 Å². The Labute approximate surface area is 95.8 Å². The van der Waals surface area contributed by atoms with Gasteiger partial charge in [0.15, 0.2) is 5.79 Å². The van der Waals surface area contributed by atoms with Crippen LogP contribution in [0.5, 0.6) is 0 Å². The van der Waals surface area contributed by atoms with Crippen LogP contribution < -0.4 is 5.32 Å². The van der Waals surface area contributed by atoms with Crippen molar-refractivity contribution >= 4 is 11.6 Å². The summed E-state index contributed by atoms with van der Waals surface area (Å²) < 4.78 is 11.3. The van der Waals surface area contributed by atoms with Gasteiger partial charge in [-0.25, -0.2) is 0 Å². The first-order valence-electron chi connectivity index (χ1n) is 5.55. The Morgan fingerprint density at radius 1 is 1.33 bits per heavy atom. The Hall–Kier alpha value is -0.0900. The third kappa shape index (κ3) is 2.94. The lowest BCUT2D eigenvalue weighted by Crippen LogP contribution is -2.42. The Balaban J connectivity index is 1.74. The number of hydrogen-bond donors (Lipinski definition) is 1. The van der Waals surface area contributed by atoms with E-state index in [9.17, 15) is 0 Å². The molecule has 2 rings (SSSR count). The topological polar surface area (TPSA) is 30.5 Å². The molecule has 0 aromatic carbocycles. The molecular weight excluding hydrogens is 214 g/mol. The minimum absolute atomic E-state index is 0.254. The second-order valence-corrected chi connectivity index (χ2v) is 4.81. The van der Waals surface area contributed by atoms with Crippen molar-refractivity contribution in [3.8, 4) is 0 Å². The summed E-state index contributed by atoms with van der Waals surface area (Å²) in [5.74, 6) is -0.254. The molecule has 4 heteroatoms. The predicted octanol–water partition coefficient (Wildman–Crippen LogP) is 2.01. The molecule has 1 N–H and O–H groups in total. The summed E-state index contributed by atoms with van der Waals surface area (Å²) in [7, 11) is 0. The SMILES string of the molecule is C=C(Cl)CNC1CCC2(CC1)OCCO2. The summed E-state index contributed by atoms with van der Waals surface area (Å²) in [6.07, 6.45) is 4.15. The van der Waals surface area contributed by atoms with Gasteiger partial charge in [-0.05, 0) is 12.8 Å². The summed E-state index contributed by atoms with van der Waals surface area (Å²) in [5, 5.41) is 4.05. The standard InChI is InChI=1S/C11H18ClNO2/c1-9(12)8-13-10-2-4-11(5-3-10)14-6-7-15-11/h10,13H,1-8H2. The van der Waals surface area contributed by atoms with Crippen molar-refractivity contribution in [2.45, 2.75) is 37.5 Å². The molecule has 2 fully saturated rings. The molecule has 1 aliphatic heterocycles. The molecule has 0 unspecified atom stereocenters. The van der Waals surface area contributed by atoms with E-state index < -0.39 is 0 Å². The normalized spacial score (nSPS) is 25.9. The van der Waals surface area contributed by atoms with Crippen LogP contribution in [0.15, 0.2) is 11.6 Å². The highest BCUT2D eigenvalue weighted by Gasteiger charge is 2.39. The molecule has 86 valence electrons. The maximum atomic E-state index is 5.71. The molecule has 1 aliphatic carbocycles. The van der Waals surface area contributed by atoms with Crippen molar-refractivity contribution in [3.63, 3.8) is 0 Å². The van der Waals surface area contributed by atoms with Crippen LogP contribution in [0.1, 0.15) is 25.7 Å². The molecule has 1 spiro atoms. The van der Waals surface area contributed by atoms with Crippen molar-refractivity contribution in [1.82, 2.24) is 5.32 Å². The summed E-state index contributed by atoms with van der Waals surface area (Å²) in [4.78, 5) is 0. The van der Waals surface area contributed by atoms with Gasteiger partial charge in [0.1, 0.15) is 0 Å². The van der Waals surface area contributed by atoms with E-state index in [1.54, 1.807) is 0 Å². The van der Waals surface area contributed by atoms with Crippen LogP contribution >= 0.6 is 11.6 Å². The lowest BCUT2D eigenvalue weighted by Gasteiger charge is -2.35. The Morgan fingerprint density at radius 3 is 2.47 bits per heavy atom. The fraction of sp³-hybridized carbons (Fsp3) is 0.818. The highest BCUT2D eigenvalue weighted by molar-refractivity contribution is 6.29. The third-order valence-electron chi connectivity index (χ3n) is 3.14. The average molecular weight is 232 g/mol. The summed E-state index contributed by atoms with van der Waals surface area (Å²) >= 11 is 5.71. The van der Waals surface area contributed by atoms with Gasteiger partial charge in [0.05, 0.1) is 13.2 Å². The maximum Gasteiger partial charge on any atom is 0.168 e. The van der Waals surface area contributed by atoms with Gasteiger partial charge in [0.25, 0.3) is 0 Å². The predicted molar refractivity (Wildman–Crippen MR) is 59.9 cm³/mol. The molecule has 0 radical (unpaired) electrons. The van der Waals surface area contributed by atoms with Gasteiger partial charge in [0.2, 0.25) is 0 Å². The van der Waals surface area contributed by atoms with Crippen LogP contribution in [0.3, 0.4) is 0 Å². The van der Waals surface area contributed by atoms with E-state index in [-0.39, 0.29) is 5.79 Å². The zero-order valence-corrected chi connectivity index (χ0v) is 9.68. The fourth-order valence-electron chi connectivity index (χ4n) is 2.30. The first kappa shape index (κ1) is 11.4. The van der Waals surface area contributed by atoms with E-state index in [4.69, 9.17) is 21.1 Å². The molecule has 2 aliphatic rings. The molecular formula is C11H18ClNO2. The van der Waals surface area contributed by atoms with E-state index in [1.165, 1.54) is 0 Å². The summed E-state index contributed by atoms with van der Waals surface area (Å²) in [5.41, 5.74) is 0. The van der Waals surface area contributed by atoms with Gasteiger partial charge >= 0.3 is 0 Å². The zero-order chi connectivity index (χ0) is 10.7. The minimum Gasteiger partial charge on any atom is -0.348 e. The summed E-state index contributed by atoms with van der Waals surface area (Å²) in [6, 6.07) is 0.527. The van der Waals surface area contributed by atoms with Gasteiger partial charge < -0.3 is 14.8 Å². The number of ether oxygens (including phenoxy) is 2. The van der Waals surface area contributed by atoms with Crippen molar-refractivity contribution in [3.05, 3.63) is 11.6 Å².